The first-order valence-electron chi connectivity index (χ1n) is 14.7. The highest BCUT2D eigenvalue weighted by atomic mass is 32.2. The molecule has 3 unspecified atom stereocenters. The van der Waals surface area contributed by atoms with Crippen LogP contribution >= 0.6 is 0 Å². The molecule has 2 N–H and O–H groups in total. The molecule has 248 valence electrons. The lowest BCUT2D eigenvalue weighted by atomic mass is 9.95. The van der Waals surface area contributed by atoms with Crippen molar-refractivity contribution in [3.05, 3.63) is 101 Å². The molecule has 0 aliphatic heterocycles. The number of sulfonamides is 1. The van der Waals surface area contributed by atoms with Crippen LogP contribution in [-0.4, -0.2) is 35.1 Å². The Morgan fingerprint density at radius 1 is 1.04 bits per heavy atom. The fourth-order valence-electron chi connectivity index (χ4n) is 6.27. The Labute approximate surface area is 266 Å². The van der Waals surface area contributed by atoms with Crippen LogP contribution in [0.2, 0.25) is 0 Å². The van der Waals surface area contributed by atoms with Gasteiger partial charge in [0.1, 0.15) is 29.6 Å². The molecule has 1 saturated carbocycles. The van der Waals surface area contributed by atoms with Gasteiger partial charge in [0.15, 0.2) is 0 Å². The zero-order valence-corrected chi connectivity index (χ0v) is 25.8. The number of hydrogen-bond acceptors (Lipinski definition) is 5. The van der Waals surface area contributed by atoms with E-state index in [4.69, 9.17) is 0 Å². The normalized spacial score (nSPS) is 18.7. The molecule has 2 heterocycles. The molecule has 1 amide bonds. The highest BCUT2D eigenvalue weighted by molar-refractivity contribution is 7.89. The Bertz CT molecular complexity index is 1930. The molecular weight excluding hydrogens is 648 g/mol. The summed E-state index contributed by atoms with van der Waals surface area (Å²) in [6.45, 7) is 2.53. The number of nitrogens with zero attached hydrogens (tertiary/aromatic N) is 3. The second-order valence-corrected chi connectivity index (χ2v) is 13.7. The summed E-state index contributed by atoms with van der Waals surface area (Å²) in [4.78, 5) is 17.9. The van der Waals surface area contributed by atoms with Crippen molar-refractivity contribution in [1.29, 1.82) is 0 Å². The van der Waals surface area contributed by atoms with E-state index in [0.29, 0.717) is 21.9 Å². The number of pyridine rings is 1. The first kappa shape index (κ1) is 32.7. The number of carbonyl (C=O) groups is 1. The summed E-state index contributed by atoms with van der Waals surface area (Å²) in [7, 11) is -3.80. The highest BCUT2D eigenvalue weighted by Crippen LogP contribution is 2.68. The van der Waals surface area contributed by atoms with Gasteiger partial charge in [0.2, 0.25) is 15.9 Å². The average Bonchev–Trinajstić information content (AvgIpc) is 3.64. The third-order valence-electron chi connectivity index (χ3n) is 8.19. The zero-order chi connectivity index (χ0) is 33.8. The van der Waals surface area contributed by atoms with Crippen LogP contribution in [0, 0.1) is 17.6 Å². The number of hydrogen-bond donors (Lipinski definition) is 2. The van der Waals surface area contributed by atoms with E-state index in [2.05, 4.69) is 20.1 Å². The van der Waals surface area contributed by atoms with Crippen molar-refractivity contribution in [3.8, 4) is 11.1 Å². The fraction of sp³-hybridized carbons (Fsp3) is 0.344. The van der Waals surface area contributed by atoms with Gasteiger partial charge in [-0.1, -0.05) is 18.2 Å². The van der Waals surface area contributed by atoms with Crippen LogP contribution in [0.1, 0.15) is 66.9 Å². The van der Waals surface area contributed by atoms with Crippen LogP contribution in [0.4, 0.5) is 26.3 Å². The number of nitrogens with one attached hydrogen (secondary N) is 2. The predicted octanol–water partition coefficient (Wildman–Crippen LogP) is 6.16. The summed E-state index contributed by atoms with van der Waals surface area (Å²) in [5.41, 5.74) is -0.410. The van der Waals surface area contributed by atoms with Gasteiger partial charge in [0.25, 0.3) is 12.3 Å². The number of halogens is 6. The summed E-state index contributed by atoms with van der Waals surface area (Å²) in [6, 6.07) is 10.4. The van der Waals surface area contributed by atoms with Crippen molar-refractivity contribution in [2.45, 2.75) is 68.5 Å². The van der Waals surface area contributed by atoms with Crippen molar-refractivity contribution in [2.75, 3.05) is 0 Å². The number of aromatic nitrogens is 3. The minimum atomic E-state index is -3.80. The van der Waals surface area contributed by atoms with Gasteiger partial charge in [-0.25, -0.2) is 30.7 Å². The van der Waals surface area contributed by atoms with E-state index in [9.17, 15) is 30.8 Å². The Kier molecular flexibility index (Phi) is 8.41. The van der Waals surface area contributed by atoms with Crippen LogP contribution in [0.15, 0.2) is 65.7 Å². The van der Waals surface area contributed by atoms with Crippen molar-refractivity contribution >= 4 is 15.9 Å². The average molecular weight is 678 g/mol. The van der Waals surface area contributed by atoms with Gasteiger partial charge in [0.05, 0.1) is 16.6 Å². The van der Waals surface area contributed by atoms with Crippen molar-refractivity contribution in [1.82, 2.24) is 24.8 Å². The minimum Gasteiger partial charge on any atom is -0.346 e. The highest BCUT2D eigenvalue weighted by Gasteiger charge is 2.67. The van der Waals surface area contributed by atoms with Gasteiger partial charge in [0, 0.05) is 35.3 Å². The van der Waals surface area contributed by atoms with E-state index in [1.807, 2.05) is 0 Å². The molecule has 15 heteroatoms. The first-order chi connectivity index (χ1) is 22.2. The standard InChI is InChI=1S/C32H29F6N5O3S/c1-16(2)42-47(45,46)21-7-5-18(6-8-21)22-4-3-9-39-28(22)25(12-17-10-19(33)13-20(34)11-17)40-26(44)15-43-30-27(29(41-43)31(35)36)23-14-24(23)32(30,37)38/h3-11,13,16,23-25,31,42H,12,14-15H2,1-2H3,(H,40,44). The Morgan fingerprint density at radius 2 is 1.72 bits per heavy atom. The quantitative estimate of drug-likeness (QED) is 0.185. The smallest absolute Gasteiger partial charge is 0.293 e. The van der Waals surface area contributed by atoms with E-state index in [1.165, 1.54) is 30.5 Å². The Morgan fingerprint density at radius 3 is 2.36 bits per heavy atom. The molecule has 2 aromatic heterocycles. The van der Waals surface area contributed by atoms with Gasteiger partial charge in [-0.05, 0) is 74.1 Å². The van der Waals surface area contributed by atoms with E-state index < -0.39 is 75.7 Å². The molecule has 0 bridgehead atoms. The molecule has 0 radical (unpaired) electrons. The van der Waals surface area contributed by atoms with E-state index in [-0.39, 0.29) is 40.6 Å². The molecule has 6 rings (SSSR count). The van der Waals surface area contributed by atoms with Crippen LogP contribution in [0.5, 0.6) is 0 Å². The maximum absolute atomic E-state index is 15.1. The third-order valence-corrected chi connectivity index (χ3v) is 9.87. The summed E-state index contributed by atoms with van der Waals surface area (Å²) in [5.74, 6) is -7.91. The van der Waals surface area contributed by atoms with Crippen molar-refractivity contribution < 1.29 is 39.6 Å². The molecule has 4 aromatic rings. The van der Waals surface area contributed by atoms with Gasteiger partial charge in [-0.2, -0.15) is 13.9 Å². The molecule has 2 aliphatic carbocycles. The summed E-state index contributed by atoms with van der Waals surface area (Å²) >= 11 is 0. The van der Waals surface area contributed by atoms with E-state index >= 15 is 8.78 Å². The number of rotatable bonds is 11. The van der Waals surface area contributed by atoms with Crippen LogP contribution in [0.25, 0.3) is 11.1 Å². The van der Waals surface area contributed by atoms with Gasteiger partial charge < -0.3 is 5.32 Å². The molecule has 47 heavy (non-hydrogen) atoms. The molecule has 2 aromatic carbocycles. The summed E-state index contributed by atoms with van der Waals surface area (Å²) in [6.07, 6.45) is -1.84. The van der Waals surface area contributed by atoms with Gasteiger partial charge >= 0.3 is 0 Å². The molecule has 0 saturated heterocycles. The first-order valence-corrected chi connectivity index (χ1v) is 16.2. The fourth-order valence-corrected chi connectivity index (χ4v) is 7.52. The van der Waals surface area contributed by atoms with Crippen molar-refractivity contribution in [3.63, 3.8) is 0 Å². The van der Waals surface area contributed by atoms with Crippen LogP contribution in [-0.2, 0) is 33.7 Å². The Hall–Kier alpha value is -4.24. The monoisotopic (exact) mass is 677 g/mol. The van der Waals surface area contributed by atoms with Crippen LogP contribution < -0.4 is 10.0 Å². The van der Waals surface area contributed by atoms with Crippen molar-refractivity contribution in [2.24, 2.45) is 5.92 Å². The molecule has 2 aliphatic rings. The largest absolute Gasteiger partial charge is 0.346 e. The number of benzene rings is 2. The maximum Gasteiger partial charge on any atom is 0.293 e. The van der Waals surface area contributed by atoms with Gasteiger partial charge in [-0.3, -0.25) is 14.5 Å². The second-order valence-electron chi connectivity index (χ2n) is 12.0. The Balaban J connectivity index is 1.34. The maximum atomic E-state index is 15.1. The third kappa shape index (κ3) is 6.38. The lowest BCUT2D eigenvalue weighted by Gasteiger charge is -2.22. The molecule has 0 spiro atoms. The molecule has 8 nitrogen and oxygen atoms in total. The topological polar surface area (TPSA) is 106 Å². The predicted molar refractivity (Wildman–Crippen MR) is 158 cm³/mol. The number of amides is 1. The number of alkyl halides is 4. The van der Waals surface area contributed by atoms with Crippen LogP contribution in [0.3, 0.4) is 0 Å². The molecule has 3 atom stereocenters. The van der Waals surface area contributed by atoms with E-state index in [1.54, 1.807) is 26.0 Å². The molecular formula is C32H29F6N5O3S. The summed E-state index contributed by atoms with van der Waals surface area (Å²) in [5, 5.41) is 6.37. The number of fused-ring (bicyclic) bond motifs is 3. The lowest BCUT2D eigenvalue weighted by molar-refractivity contribution is -0.123. The van der Waals surface area contributed by atoms with E-state index in [0.717, 1.165) is 12.1 Å². The minimum absolute atomic E-state index is 0.00448. The summed E-state index contributed by atoms with van der Waals surface area (Å²) < 4.78 is 114. The van der Waals surface area contributed by atoms with Gasteiger partial charge in [-0.15, -0.1) is 0 Å². The molecule has 1 fully saturated rings. The SMILES string of the molecule is CC(C)NS(=O)(=O)c1ccc(-c2cccnc2C(Cc2cc(F)cc(F)c2)NC(=O)Cn2nc(C(F)F)c3c2C(F)(F)C2CC32)cc1. The second kappa shape index (κ2) is 12.1. The lowest BCUT2D eigenvalue weighted by Crippen LogP contribution is -2.35. The zero-order valence-electron chi connectivity index (χ0n) is 25.0. The number of carbonyl (C=O) groups excluding carboxylic acids is 1.